The van der Waals surface area contributed by atoms with Crippen LogP contribution in [0.2, 0.25) is 0 Å². The maximum absolute atomic E-state index is 9.03. The zero-order valence-corrected chi connectivity index (χ0v) is 5.43. The largest absolute Gasteiger partial charge is 0.393 e. The van der Waals surface area contributed by atoms with Gasteiger partial charge in [-0.3, -0.25) is 0 Å². The lowest BCUT2D eigenvalue weighted by molar-refractivity contribution is 0.177. The van der Waals surface area contributed by atoms with Crippen LogP contribution in [0.3, 0.4) is 0 Å². The second kappa shape index (κ2) is 2.49. The molecule has 0 spiro atoms. The first-order valence-electron chi connectivity index (χ1n) is 3.51. The van der Waals surface area contributed by atoms with E-state index in [9.17, 15) is 0 Å². The third kappa shape index (κ3) is 1.22. The van der Waals surface area contributed by atoms with E-state index < -0.39 is 0 Å². The highest BCUT2D eigenvalue weighted by molar-refractivity contribution is 4.72. The van der Waals surface area contributed by atoms with Crippen LogP contribution in [-0.4, -0.2) is 11.2 Å². The third-order valence-corrected chi connectivity index (χ3v) is 2.09. The molecule has 0 amide bonds. The number of hydrogen-bond donors (Lipinski definition) is 1. The molecule has 1 fully saturated rings. The molecule has 2 atom stereocenters. The molecule has 1 nitrogen and oxygen atoms in total. The zero-order valence-electron chi connectivity index (χ0n) is 5.43. The van der Waals surface area contributed by atoms with E-state index >= 15 is 0 Å². The van der Waals surface area contributed by atoms with E-state index in [1.54, 1.807) is 0 Å². The Morgan fingerprint density at radius 3 is 2.50 bits per heavy atom. The molecule has 1 aliphatic rings. The highest BCUT2D eigenvalue weighted by Gasteiger charge is 2.20. The van der Waals surface area contributed by atoms with Crippen molar-refractivity contribution in [2.75, 3.05) is 0 Å². The molecule has 8 heavy (non-hydrogen) atoms. The Morgan fingerprint density at radius 1 is 1.50 bits per heavy atom. The summed E-state index contributed by atoms with van der Waals surface area (Å²) in [5.74, 6) is 0.824. The maximum Gasteiger partial charge on any atom is 0.0543 e. The molecule has 0 bridgehead atoms. The van der Waals surface area contributed by atoms with Crippen LogP contribution < -0.4 is 0 Å². The Labute approximate surface area is 50.7 Å². The van der Waals surface area contributed by atoms with Gasteiger partial charge in [-0.25, -0.2) is 0 Å². The Morgan fingerprint density at radius 2 is 2.25 bits per heavy atom. The molecule has 0 unspecified atom stereocenters. The standard InChI is InChI=1S/C7H14O/c1-2-6-3-4-7(8)5-6/h6-8H,2-5H2,1H3/t6-,7-/m1/s1. The fourth-order valence-corrected chi connectivity index (χ4v) is 1.42. The van der Waals surface area contributed by atoms with Crippen LogP contribution in [0, 0.1) is 5.92 Å². The minimum atomic E-state index is 0.0277. The molecule has 0 aliphatic heterocycles. The molecule has 0 heterocycles. The van der Waals surface area contributed by atoms with Crippen LogP contribution in [0.1, 0.15) is 32.6 Å². The third-order valence-electron chi connectivity index (χ3n) is 2.09. The van der Waals surface area contributed by atoms with Crippen molar-refractivity contribution in [3.05, 3.63) is 0 Å². The highest BCUT2D eigenvalue weighted by Crippen LogP contribution is 2.27. The Hall–Kier alpha value is -0.0400. The minimum absolute atomic E-state index is 0.0277. The second-order valence-electron chi connectivity index (χ2n) is 2.74. The molecule has 0 saturated heterocycles. The van der Waals surface area contributed by atoms with E-state index in [1.165, 1.54) is 12.8 Å². The van der Waals surface area contributed by atoms with Crippen LogP contribution in [0.4, 0.5) is 0 Å². The van der Waals surface area contributed by atoms with Crippen LogP contribution >= 0.6 is 0 Å². The van der Waals surface area contributed by atoms with E-state index in [0.717, 1.165) is 18.8 Å². The minimum Gasteiger partial charge on any atom is -0.393 e. The average Bonchev–Trinajstić information content (AvgIpc) is 2.14. The van der Waals surface area contributed by atoms with Gasteiger partial charge in [-0.2, -0.15) is 0 Å². The average molecular weight is 114 g/mol. The van der Waals surface area contributed by atoms with Crippen molar-refractivity contribution in [1.29, 1.82) is 0 Å². The highest BCUT2D eigenvalue weighted by atomic mass is 16.3. The number of aliphatic hydroxyl groups is 1. The van der Waals surface area contributed by atoms with Crippen molar-refractivity contribution in [3.63, 3.8) is 0 Å². The number of hydrogen-bond acceptors (Lipinski definition) is 1. The van der Waals surface area contributed by atoms with Gasteiger partial charge in [-0.1, -0.05) is 13.3 Å². The number of aliphatic hydroxyl groups excluding tert-OH is 1. The van der Waals surface area contributed by atoms with Crippen LogP contribution in [0.15, 0.2) is 0 Å². The molecule has 48 valence electrons. The molecule has 1 heteroatoms. The van der Waals surface area contributed by atoms with Gasteiger partial charge in [0.1, 0.15) is 0 Å². The van der Waals surface area contributed by atoms with Gasteiger partial charge < -0.3 is 5.11 Å². The summed E-state index contributed by atoms with van der Waals surface area (Å²) in [6.45, 7) is 2.20. The first-order chi connectivity index (χ1) is 3.83. The van der Waals surface area contributed by atoms with E-state index in [4.69, 9.17) is 5.11 Å². The fourth-order valence-electron chi connectivity index (χ4n) is 1.42. The zero-order chi connectivity index (χ0) is 5.98. The van der Waals surface area contributed by atoms with Gasteiger partial charge in [0, 0.05) is 0 Å². The molecule has 0 radical (unpaired) electrons. The van der Waals surface area contributed by atoms with E-state index in [0.29, 0.717) is 0 Å². The predicted octanol–water partition coefficient (Wildman–Crippen LogP) is 1.56. The molecule has 1 saturated carbocycles. The second-order valence-corrected chi connectivity index (χ2v) is 2.74. The van der Waals surface area contributed by atoms with Gasteiger partial charge in [-0.15, -0.1) is 0 Å². The predicted molar refractivity (Wildman–Crippen MR) is 33.6 cm³/mol. The van der Waals surface area contributed by atoms with Gasteiger partial charge in [0.15, 0.2) is 0 Å². The summed E-state index contributed by atoms with van der Waals surface area (Å²) in [6.07, 6.45) is 4.61. The Balaban J connectivity index is 2.22. The maximum atomic E-state index is 9.03. The Bertz CT molecular complexity index is 70.8. The lowest BCUT2D eigenvalue weighted by atomic mass is 10.1. The lowest BCUT2D eigenvalue weighted by Crippen LogP contribution is -1.98. The molecule has 1 rings (SSSR count). The normalized spacial score (nSPS) is 38.2. The van der Waals surface area contributed by atoms with Gasteiger partial charge in [0.05, 0.1) is 6.10 Å². The topological polar surface area (TPSA) is 20.2 Å². The van der Waals surface area contributed by atoms with Gasteiger partial charge in [-0.05, 0) is 25.2 Å². The number of rotatable bonds is 1. The van der Waals surface area contributed by atoms with Crippen molar-refractivity contribution in [1.82, 2.24) is 0 Å². The van der Waals surface area contributed by atoms with Crippen molar-refractivity contribution < 1.29 is 5.11 Å². The van der Waals surface area contributed by atoms with Crippen molar-refractivity contribution in [2.45, 2.75) is 38.7 Å². The molecule has 0 aromatic rings. The first-order valence-corrected chi connectivity index (χ1v) is 3.51. The van der Waals surface area contributed by atoms with Gasteiger partial charge in [0.25, 0.3) is 0 Å². The van der Waals surface area contributed by atoms with E-state index in [1.807, 2.05) is 0 Å². The molecule has 0 aromatic carbocycles. The monoisotopic (exact) mass is 114 g/mol. The summed E-state index contributed by atoms with van der Waals surface area (Å²) in [7, 11) is 0. The molecule has 1 N–H and O–H groups in total. The van der Waals surface area contributed by atoms with Gasteiger partial charge >= 0.3 is 0 Å². The fraction of sp³-hybridized carbons (Fsp3) is 1.00. The van der Waals surface area contributed by atoms with Crippen molar-refractivity contribution >= 4 is 0 Å². The molecule has 1 aliphatic carbocycles. The summed E-state index contributed by atoms with van der Waals surface area (Å²) in [5, 5.41) is 9.03. The van der Waals surface area contributed by atoms with E-state index in [-0.39, 0.29) is 6.10 Å². The molecular formula is C7H14O. The molecular weight excluding hydrogens is 100 g/mol. The summed E-state index contributed by atoms with van der Waals surface area (Å²) >= 11 is 0. The van der Waals surface area contributed by atoms with Crippen molar-refractivity contribution in [2.24, 2.45) is 5.92 Å². The summed E-state index contributed by atoms with van der Waals surface area (Å²) in [5.41, 5.74) is 0. The summed E-state index contributed by atoms with van der Waals surface area (Å²) in [4.78, 5) is 0. The van der Waals surface area contributed by atoms with Crippen molar-refractivity contribution in [3.8, 4) is 0 Å². The van der Waals surface area contributed by atoms with Crippen LogP contribution in [0.5, 0.6) is 0 Å². The summed E-state index contributed by atoms with van der Waals surface area (Å²) in [6, 6.07) is 0. The van der Waals surface area contributed by atoms with E-state index in [2.05, 4.69) is 6.92 Å². The van der Waals surface area contributed by atoms with Crippen LogP contribution in [-0.2, 0) is 0 Å². The summed E-state index contributed by atoms with van der Waals surface area (Å²) < 4.78 is 0. The first kappa shape index (κ1) is 6.09. The SMILES string of the molecule is CC[C@@H]1CC[C@@H](O)C1. The van der Waals surface area contributed by atoms with Gasteiger partial charge in [0.2, 0.25) is 0 Å². The quantitative estimate of drug-likeness (QED) is 0.548. The molecule has 0 aromatic heterocycles. The smallest absolute Gasteiger partial charge is 0.0543 e. The lowest BCUT2D eigenvalue weighted by Gasteiger charge is -2.01. The Kier molecular flexibility index (Phi) is 1.90. The van der Waals surface area contributed by atoms with Crippen LogP contribution in [0.25, 0.3) is 0 Å².